The maximum Gasteiger partial charge on any atom is 0.234 e. The van der Waals surface area contributed by atoms with Gasteiger partial charge in [0.05, 0.1) is 23.7 Å². The number of carbonyl (C=O) groups excluding carboxylic acids is 1. The van der Waals surface area contributed by atoms with Crippen LogP contribution < -0.4 is 15.8 Å². The summed E-state index contributed by atoms with van der Waals surface area (Å²) >= 11 is 5.87. The smallest absolute Gasteiger partial charge is 0.234 e. The highest BCUT2D eigenvalue weighted by Gasteiger charge is 2.18. The van der Waals surface area contributed by atoms with Crippen LogP contribution in [0.1, 0.15) is 12.5 Å². The molecule has 9 heteroatoms. The quantitative estimate of drug-likeness (QED) is 0.611. The first-order chi connectivity index (χ1) is 13.8. The molecule has 152 valence electrons. The molecule has 1 amide bonds. The Labute approximate surface area is 172 Å². The Kier molecular flexibility index (Phi) is 6.14. The lowest BCUT2D eigenvalue weighted by atomic mass is 10.1. The Balaban J connectivity index is 2.01. The maximum atomic E-state index is 13.4. The topological polar surface area (TPSA) is 93.4 Å². The van der Waals surface area contributed by atoms with Gasteiger partial charge in [-0.05, 0) is 38.2 Å². The number of carbonyl (C=O) groups is 1. The Morgan fingerprint density at radius 1 is 1.34 bits per heavy atom. The standard InChI is InChI=1S/C20H21ClFN5O2/c1-11(19(23)28)27(2)9-12-6-14-17(8-18(12)29-3)24-10-25-20(14)26-13-4-5-16(22)15(21)7-13/h4-8,10-11H,9H2,1-3H3,(H2,23,28)(H,24,25,26)/t11-/m1/s1. The van der Waals surface area contributed by atoms with Gasteiger partial charge in [0.15, 0.2) is 0 Å². The molecule has 0 saturated carbocycles. The average molecular weight is 418 g/mol. The van der Waals surface area contributed by atoms with Crippen LogP contribution in [0.5, 0.6) is 5.75 Å². The van der Waals surface area contributed by atoms with Crippen LogP contribution in [0.2, 0.25) is 5.02 Å². The molecule has 0 aliphatic heterocycles. The van der Waals surface area contributed by atoms with Crippen LogP contribution in [-0.4, -0.2) is 41.0 Å². The second kappa shape index (κ2) is 8.59. The number of rotatable bonds is 7. The van der Waals surface area contributed by atoms with Gasteiger partial charge in [-0.2, -0.15) is 0 Å². The minimum absolute atomic E-state index is 0.0118. The molecule has 1 aromatic heterocycles. The molecular formula is C20H21ClFN5O2. The van der Waals surface area contributed by atoms with Crippen molar-refractivity contribution in [3.05, 3.63) is 53.1 Å². The first-order valence-corrected chi connectivity index (χ1v) is 9.21. The van der Waals surface area contributed by atoms with Crippen molar-refractivity contribution in [2.24, 2.45) is 5.73 Å². The molecule has 3 rings (SSSR count). The second-order valence-electron chi connectivity index (χ2n) is 6.65. The number of methoxy groups -OCH3 is 1. The summed E-state index contributed by atoms with van der Waals surface area (Å²) < 4.78 is 18.9. The molecule has 29 heavy (non-hydrogen) atoms. The zero-order valence-corrected chi connectivity index (χ0v) is 17.0. The second-order valence-corrected chi connectivity index (χ2v) is 7.06. The monoisotopic (exact) mass is 417 g/mol. The van der Waals surface area contributed by atoms with E-state index in [0.29, 0.717) is 29.3 Å². The number of ether oxygens (including phenoxy) is 1. The number of likely N-dealkylation sites (N-methyl/N-ethyl adjacent to an activating group) is 1. The normalized spacial score (nSPS) is 12.2. The first kappa shape index (κ1) is 20.8. The van der Waals surface area contributed by atoms with E-state index in [2.05, 4.69) is 15.3 Å². The summed E-state index contributed by atoms with van der Waals surface area (Å²) in [5.74, 6) is 0.261. The summed E-state index contributed by atoms with van der Waals surface area (Å²) in [6, 6.07) is 7.59. The van der Waals surface area contributed by atoms with Gasteiger partial charge in [-0.15, -0.1) is 0 Å². The highest BCUT2D eigenvalue weighted by molar-refractivity contribution is 6.31. The van der Waals surface area contributed by atoms with Crippen LogP contribution in [-0.2, 0) is 11.3 Å². The molecule has 0 aliphatic carbocycles. The zero-order valence-electron chi connectivity index (χ0n) is 16.2. The third-order valence-electron chi connectivity index (χ3n) is 4.71. The van der Waals surface area contributed by atoms with Crippen molar-refractivity contribution in [2.75, 3.05) is 19.5 Å². The van der Waals surface area contributed by atoms with E-state index in [9.17, 15) is 9.18 Å². The molecule has 3 N–H and O–H groups in total. The van der Waals surface area contributed by atoms with Crippen LogP contribution in [0.3, 0.4) is 0 Å². The minimum atomic E-state index is -0.497. The van der Waals surface area contributed by atoms with Gasteiger partial charge in [-0.25, -0.2) is 14.4 Å². The largest absolute Gasteiger partial charge is 0.496 e. The van der Waals surface area contributed by atoms with Crippen molar-refractivity contribution >= 4 is 39.9 Å². The summed E-state index contributed by atoms with van der Waals surface area (Å²) in [5.41, 5.74) is 7.50. The van der Waals surface area contributed by atoms with Crippen molar-refractivity contribution in [3.8, 4) is 5.75 Å². The number of fused-ring (bicyclic) bond motifs is 1. The van der Waals surface area contributed by atoms with Crippen molar-refractivity contribution in [3.63, 3.8) is 0 Å². The average Bonchev–Trinajstić information content (AvgIpc) is 2.70. The van der Waals surface area contributed by atoms with E-state index in [0.717, 1.165) is 10.9 Å². The Morgan fingerprint density at radius 2 is 2.10 bits per heavy atom. The number of benzene rings is 2. The molecule has 3 aromatic rings. The number of amides is 1. The van der Waals surface area contributed by atoms with Gasteiger partial charge >= 0.3 is 0 Å². The summed E-state index contributed by atoms with van der Waals surface area (Å²) in [4.78, 5) is 21.9. The fourth-order valence-electron chi connectivity index (χ4n) is 2.88. The molecule has 0 bridgehead atoms. The van der Waals surface area contributed by atoms with E-state index in [-0.39, 0.29) is 5.02 Å². The molecule has 0 unspecified atom stereocenters. The Morgan fingerprint density at radius 3 is 2.76 bits per heavy atom. The van der Waals surface area contributed by atoms with Crippen LogP contribution in [0, 0.1) is 5.82 Å². The van der Waals surface area contributed by atoms with Crippen molar-refractivity contribution in [1.82, 2.24) is 14.9 Å². The van der Waals surface area contributed by atoms with Gasteiger partial charge < -0.3 is 15.8 Å². The SMILES string of the molecule is COc1cc2ncnc(Nc3ccc(F)c(Cl)c3)c2cc1CN(C)[C@H](C)C(N)=O. The van der Waals surface area contributed by atoms with Gasteiger partial charge in [0.2, 0.25) is 5.91 Å². The number of hydrogen-bond donors (Lipinski definition) is 2. The maximum absolute atomic E-state index is 13.4. The summed E-state index contributed by atoms with van der Waals surface area (Å²) in [6.07, 6.45) is 1.43. The lowest BCUT2D eigenvalue weighted by molar-refractivity contribution is -0.122. The van der Waals surface area contributed by atoms with Crippen molar-refractivity contribution in [1.29, 1.82) is 0 Å². The van der Waals surface area contributed by atoms with Crippen LogP contribution in [0.25, 0.3) is 10.9 Å². The summed E-state index contributed by atoms with van der Waals surface area (Å²) in [6.45, 7) is 2.17. The first-order valence-electron chi connectivity index (χ1n) is 8.83. The molecule has 0 saturated heterocycles. The van der Waals surface area contributed by atoms with Crippen molar-refractivity contribution in [2.45, 2.75) is 19.5 Å². The number of nitrogens with one attached hydrogen (secondary N) is 1. The predicted octanol–water partition coefficient (Wildman–Crippen LogP) is 3.48. The number of nitrogens with zero attached hydrogens (tertiary/aromatic N) is 3. The number of aromatic nitrogens is 2. The fourth-order valence-corrected chi connectivity index (χ4v) is 3.06. The van der Waals surface area contributed by atoms with Crippen LogP contribution >= 0.6 is 11.6 Å². The number of nitrogens with two attached hydrogens (primary N) is 1. The van der Waals surface area contributed by atoms with Crippen molar-refractivity contribution < 1.29 is 13.9 Å². The molecule has 0 radical (unpaired) electrons. The Hall–Kier alpha value is -2.97. The minimum Gasteiger partial charge on any atom is -0.496 e. The molecule has 0 aliphatic rings. The highest BCUT2D eigenvalue weighted by Crippen LogP contribution is 2.31. The third-order valence-corrected chi connectivity index (χ3v) is 5.00. The highest BCUT2D eigenvalue weighted by atomic mass is 35.5. The van der Waals surface area contributed by atoms with Gasteiger partial charge in [0.1, 0.15) is 23.7 Å². The number of primary amides is 1. The van der Waals surface area contributed by atoms with E-state index in [1.165, 1.54) is 18.5 Å². The molecule has 1 heterocycles. The third kappa shape index (κ3) is 4.55. The number of anilines is 2. The van der Waals surface area contributed by atoms with Crippen LogP contribution in [0.4, 0.5) is 15.9 Å². The fraction of sp³-hybridized carbons (Fsp3) is 0.250. The lowest BCUT2D eigenvalue weighted by Gasteiger charge is -2.23. The number of hydrogen-bond acceptors (Lipinski definition) is 6. The van der Waals surface area contributed by atoms with E-state index < -0.39 is 17.8 Å². The van der Waals surface area contributed by atoms with Gasteiger partial charge in [-0.3, -0.25) is 9.69 Å². The molecule has 2 aromatic carbocycles. The van der Waals surface area contributed by atoms with Crippen LogP contribution in [0.15, 0.2) is 36.7 Å². The molecule has 0 fully saturated rings. The lowest BCUT2D eigenvalue weighted by Crippen LogP contribution is -2.39. The van der Waals surface area contributed by atoms with E-state index in [1.54, 1.807) is 33.2 Å². The Bertz CT molecular complexity index is 1060. The van der Waals surface area contributed by atoms with Gasteiger partial charge in [0.25, 0.3) is 0 Å². The van der Waals surface area contributed by atoms with Gasteiger partial charge in [-0.1, -0.05) is 11.6 Å². The summed E-state index contributed by atoms with van der Waals surface area (Å²) in [5, 5.41) is 3.89. The number of halogens is 2. The zero-order chi connectivity index (χ0) is 21.1. The van der Waals surface area contributed by atoms with E-state index in [4.69, 9.17) is 22.1 Å². The van der Waals surface area contributed by atoms with Gasteiger partial charge in [0, 0.05) is 29.2 Å². The molecule has 1 atom stereocenters. The molecule has 7 nitrogen and oxygen atoms in total. The summed E-state index contributed by atoms with van der Waals surface area (Å²) in [7, 11) is 3.38. The predicted molar refractivity (Wildman–Crippen MR) is 111 cm³/mol. The molecular weight excluding hydrogens is 397 g/mol. The molecule has 0 spiro atoms. The van der Waals surface area contributed by atoms with E-state index in [1.807, 2.05) is 11.0 Å². The van der Waals surface area contributed by atoms with E-state index >= 15 is 0 Å².